The smallest absolute Gasteiger partial charge is 0.0655 e. The van der Waals surface area contributed by atoms with Crippen molar-refractivity contribution in [2.24, 2.45) is 4.40 Å². The molecule has 0 saturated carbocycles. The first-order valence-electron chi connectivity index (χ1n) is 8.48. The number of fused-ring (bicyclic) bond motifs is 1. The molecule has 2 unspecified atom stereocenters. The second-order valence-corrected chi connectivity index (χ2v) is 8.46. The molecular formula is C22H22NS+. The van der Waals surface area contributed by atoms with Gasteiger partial charge in [0, 0.05) is 17.6 Å². The molecule has 0 aliphatic carbocycles. The van der Waals surface area contributed by atoms with Crippen LogP contribution in [0.2, 0.25) is 0 Å². The van der Waals surface area contributed by atoms with Crippen LogP contribution in [0.25, 0.3) is 11.1 Å². The van der Waals surface area contributed by atoms with Gasteiger partial charge in [0.2, 0.25) is 0 Å². The van der Waals surface area contributed by atoms with E-state index < -0.39 is 0 Å². The molecule has 4 rings (SSSR count). The molecule has 2 heterocycles. The summed E-state index contributed by atoms with van der Waals surface area (Å²) in [5.41, 5.74) is 8.46. The average Bonchev–Trinajstić information content (AvgIpc) is 2.63. The third kappa shape index (κ3) is 2.76. The summed E-state index contributed by atoms with van der Waals surface area (Å²) in [6.45, 7) is 4.56. The lowest BCUT2D eigenvalue weighted by Crippen LogP contribution is -2.32. The number of hydrogen-bond donors (Lipinski definition) is 0. The van der Waals surface area contributed by atoms with Crippen LogP contribution in [0.4, 0.5) is 0 Å². The van der Waals surface area contributed by atoms with E-state index in [0.717, 1.165) is 12.2 Å². The van der Waals surface area contributed by atoms with E-state index in [2.05, 4.69) is 80.7 Å². The summed E-state index contributed by atoms with van der Waals surface area (Å²) in [5, 5.41) is 0.510. The lowest BCUT2D eigenvalue weighted by Gasteiger charge is -2.28. The van der Waals surface area contributed by atoms with Crippen molar-refractivity contribution >= 4 is 28.4 Å². The Bertz CT molecular complexity index is 831. The van der Waals surface area contributed by atoms with Crippen LogP contribution in [0, 0.1) is 0 Å². The molecule has 0 bridgehead atoms. The fourth-order valence-corrected chi connectivity index (χ4v) is 5.84. The third-order valence-corrected chi connectivity index (χ3v) is 7.18. The maximum Gasteiger partial charge on any atom is 0.175 e. The van der Waals surface area contributed by atoms with E-state index in [1.165, 1.54) is 27.8 Å². The van der Waals surface area contributed by atoms with Gasteiger partial charge >= 0.3 is 0 Å². The van der Waals surface area contributed by atoms with E-state index in [-0.39, 0.29) is 11.1 Å². The molecule has 2 aliphatic rings. The average molecular weight is 332 g/mol. The Labute approximate surface area is 147 Å². The second-order valence-electron chi connectivity index (χ2n) is 6.59. The molecule has 1 nitrogen and oxygen atoms in total. The molecule has 2 aromatic carbocycles. The van der Waals surface area contributed by atoms with Crippen molar-refractivity contribution in [2.45, 2.75) is 25.5 Å². The Kier molecular flexibility index (Phi) is 4.15. The van der Waals surface area contributed by atoms with Crippen LogP contribution in [0.15, 0.2) is 76.2 Å². The Morgan fingerprint density at radius 3 is 2.12 bits per heavy atom. The minimum absolute atomic E-state index is 0.0753. The van der Waals surface area contributed by atoms with Crippen molar-refractivity contribution in [3.8, 4) is 0 Å². The van der Waals surface area contributed by atoms with E-state index >= 15 is 0 Å². The zero-order valence-corrected chi connectivity index (χ0v) is 15.0. The van der Waals surface area contributed by atoms with Crippen molar-refractivity contribution < 1.29 is 0 Å². The summed E-state index contributed by atoms with van der Waals surface area (Å²) in [6.07, 6.45) is 3.26. The normalized spacial score (nSPS) is 23.4. The van der Waals surface area contributed by atoms with Gasteiger partial charge in [0.1, 0.15) is 11.1 Å². The Morgan fingerprint density at radius 2 is 1.46 bits per heavy atom. The maximum atomic E-state index is 4.98. The molecule has 24 heavy (non-hydrogen) atoms. The summed E-state index contributed by atoms with van der Waals surface area (Å²) in [7, 11) is 0. The zero-order chi connectivity index (χ0) is 16.5. The molecule has 0 fully saturated rings. The van der Waals surface area contributed by atoms with Crippen LogP contribution >= 0.6 is 0 Å². The van der Waals surface area contributed by atoms with E-state index in [1.807, 2.05) is 0 Å². The van der Waals surface area contributed by atoms with Crippen molar-refractivity contribution in [1.29, 1.82) is 0 Å². The van der Waals surface area contributed by atoms with E-state index in [4.69, 9.17) is 4.40 Å². The molecule has 120 valence electrons. The fraction of sp³-hybridized carbons (Fsp3) is 0.227. The van der Waals surface area contributed by atoms with Crippen molar-refractivity contribution in [2.75, 3.05) is 5.75 Å². The van der Waals surface area contributed by atoms with Crippen molar-refractivity contribution in [1.82, 2.24) is 0 Å². The first kappa shape index (κ1) is 15.5. The molecule has 0 spiro atoms. The SMILES string of the molecule is CC1=C(C)C[S+]2N=CC(c3ccccc3)=C(c3ccccc3)C2C1. The van der Waals surface area contributed by atoms with Crippen LogP contribution in [0.3, 0.4) is 0 Å². The molecule has 0 radical (unpaired) electrons. The number of allylic oxidation sites excluding steroid dienone is 2. The highest BCUT2D eigenvalue weighted by atomic mass is 32.2. The lowest BCUT2D eigenvalue weighted by atomic mass is 9.89. The van der Waals surface area contributed by atoms with Crippen molar-refractivity contribution in [3.63, 3.8) is 0 Å². The molecule has 2 atom stereocenters. The predicted octanol–water partition coefficient (Wildman–Crippen LogP) is 5.32. The number of benzene rings is 2. The molecule has 0 saturated heterocycles. The van der Waals surface area contributed by atoms with Gasteiger partial charge in [-0.05, 0) is 30.5 Å². The molecule has 0 aromatic heterocycles. The van der Waals surface area contributed by atoms with Crippen LogP contribution in [-0.2, 0) is 11.1 Å². The van der Waals surface area contributed by atoms with Gasteiger partial charge in [-0.15, -0.1) is 0 Å². The first-order chi connectivity index (χ1) is 11.7. The molecule has 2 aliphatic heterocycles. The van der Waals surface area contributed by atoms with Gasteiger partial charge in [-0.3, -0.25) is 0 Å². The number of nitrogens with zero attached hydrogens (tertiary/aromatic N) is 1. The third-order valence-electron chi connectivity index (χ3n) is 5.01. The van der Waals surface area contributed by atoms with Crippen LogP contribution in [0.5, 0.6) is 0 Å². The number of hydrogen-bond acceptors (Lipinski definition) is 1. The molecule has 0 amide bonds. The lowest BCUT2D eigenvalue weighted by molar-refractivity contribution is 0.949. The van der Waals surface area contributed by atoms with Crippen LogP contribution in [-0.4, -0.2) is 17.2 Å². The van der Waals surface area contributed by atoms with Crippen LogP contribution in [0.1, 0.15) is 31.4 Å². The standard InChI is InChI=1S/C22H22NS/c1-16-13-21-22(19-11-7-4-8-12-19)20(18-9-5-3-6-10-18)14-23-24(21)15-17(16)2/h3-12,14,21H,13,15H2,1-2H3/q+1. The topological polar surface area (TPSA) is 12.4 Å². The van der Waals surface area contributed by atoms with Crippen LogP contribution < -0.4 is 0 Å². The van der Waals surface area contributed by atoms with E-state index in [9.17, 15) is 0 Å². The van der Waals surface area contributed by atoms with Gasteiger partial charge in [-0.25, -0.2) is 0 Å². The maximum absolute atomic E-state index is 4.98. The summed E-state index contributed by atoms with van der Waals surface area (Å²) >= 11 is 0.0753. The number of rotatable bonds is 2. The monoisotopic (exact) mass is 332 g/mol. The molecule has 2 heteroatoms. The summed E-state index contributed by atoms with van der Waals surface area (Å²) in [5.74, 6) is 1.12. The summed E-state index contributed by atoms with van der Waals surface area (Å²) in [4.78, 5) is 0. The first-order valence-corrected chi connectivity index (χ1v) is 9.89. The van der Waals surface area contributed by atoms with Gasteiger partial charge in [0.25, 0.3) is 0 Å². The van der Waals surface area contributed by atoms with E-state index in [0.29, 0.717) is 5.25 Å². The second kappa shape index (κ2) is 6.45. The van der Waals surface area contributed by atoms with E-state index in [1.54, 1.807) is 5.57 Å². The van der Waals surface area contributed by atoms with Gasteiger partial charge < -0.3 is 0 Å². The molecule has 0 N–H and O–H groups in total. The predicted molar refractivity (Wildman–Crippen MR) is 107 cm³/mol. The van der Waals surface area contributed by atoms with Gasteiger partial charge in [0.15, 0.2) is 11.0 Å². The van der Waals surface area contributed by atoms with Gasteiger partial charge in [-0.2, -0.15) is 0 Å². The highest BCUT2D eigenvalue weighted by Crippen LogP contribution is 2.42. The quantitative estimate of drug-likeness (QED) is 0.521. The summed E-state index contributed by atoms with van der Waals surface area (Å²) < 4.78 is 4.98. The highest BCUT2D eigenvalue weighted by molar-refractivity contribution is 7.97. The molecular weight excluding hydrogens is 310 g/mol. The van der Waals surface area contributed by atoms with Gasteiger partial charge in [-0.1, -0.05) is 70.6 Å². The largest absolute Gasteiger partial charge is 0.175 e. The minimum atomic E-state index is 0.0753. The minimum Gasteiger partial charge on any atom is -0.0655 e. The summed E-state index contributed by atoms with van der Waals surface area (Å²) in [6, 6.07) is 21.6. The zero-order valence-electron chi connectivity index (χ0n) is 14.2. The Balaban J connectivity index is 1.90. The Morgan fingerprint density at radius 1 is 0.833 bits per heavy atom. The van der Waals surface area contributed by atoms with Crippen molar-refractivity contribution in [3.05, 3.63) is 82.9 Å². The fourth-order valence-electron chi connectivity index (χ4n) is 3.51. The molecule has 2 aromatic rings. The highest BCUT2D eigenvalue weighted by Gasteiger charge is 2.42. The van der Waals surface area contributed by atoms with Gasteiger partial charge in [0.05, 0.1) is 6.21 Å². The Hall–Kier alpha value is -2.06.